The van der Waals surface area contributed by atoms with Crippen LogP contribution in [0, 0.1) is 6.92 Å². The predicted octanol–water partition coefficient (Wildman–Crippen LogP) is 0.852. The Morgan fingerprint density at radius 2 is 1.79 bits per heavy atom. The van der Waals surface area contributed by atoms with Crippen molar-refractivity contribution in [2.75, 3.05) is 5.32 Å². The summed E-state index contributed by atoms with van der Waals surface area (Å²) in [6.45, 7) is 5.30. The lowest BCUT2D eigenvalue weighted by Crippen LogP contribution is -2.43. The summed E-state index contributed by atoms with van der Waals surface area (Å²) in [6, 6.07) is 7.32. The van der Waals surface area contributed by atoms with Crippen molar-refractivity contribution in [3.05, 3.63) is 68.3 Å². The number of hydrogen-bond donors (Lipinski definition) is 3. The third kappa shape index (κ3) is 5.77. The van der Waals surface area contributed by atoms with Gasteiger partial charge in [0.25, 0.3) is 5.91 Å². The average Bonchev–Trinajstić information content (AvgIpc) is 3.11. The molecule has 2 heterocycles. The lowest BCUT2D eigenvalue weighted by Gasteiger charge is -2.15. The van der Waals surface area contributed by atoms with Crippen molar-refractivity contribution in [1.29, 1.82) is 0 Å². The van der Waals surface area contributed by atoms with Gasteiger partial charge < -0.3 is 15.7 Å². The van der Waals surface area contributed by atoms with Crippen molar-refractivity contribution in [2.24, 2.45) is 7.05 Å². The van der Waals surface area contributed by atoms with Crippen LogP contribution >= 0.6 is 0 Å². The standard InChI is InChI=1S/C22H27N7O5/c1-13(2)23-19(32)18-16(12-27(4)26-18)24-20-25-21(33)28(10-9-17(30)31)22(34)29(20)11-15-7-5-14(3)6-8-15/h5-8,12-13H,9-11H2,1-4H3,(H,23,32)(H,30,31)(H,24,25,33). The molecule has 0 aliphatic rings. The monoisotopic (exact) mass is 469 g/mol. The molecule has 0 fully saturated rings. The Hall–Kier alpha value is -4.22. The maximum Gasteiger partial charge on any atom is 0.354 e. The summed E-state index contributed by atoms with van der Waals surface area (Å²) in [7, 11) is 1.63. The van der Waals surface area contributed by atoms with Gasteiger partial charge in [0.1, 0.15) is 0 Å². The van der Waals surface area contributed by atoms with Crippen LogP contribution in [-0.4, -0.2) is 46.9 Å². The molecule has 0 bridgehead atoms. The van der Waals surface area contributed by atoms with E-state index in [2.05, 4.69) is 20.7 Å². The predicted molar refractivity (Wildman–Crippen MR) is 124 cm³/mol. The first-order chi connectivity index (χ1) is 16.0. The molecule has 0 saturated heterocycles. The minimum atomic E-state index is -1.14. The van der Waals surface area contributed by atoms with E-state index in [1.54, 1.807) is 7.05 Å². The first-order valence-electron chi connectivity index (χ1n) is 10.7. The molecule has 2 aromatic heterocycles. The lowest BCUT2D eigenvalue weighted by atomic mass is 10.1. The van der Waals surface area contributed by atoms with Gasteiger partial charge in [0.15, 0.2) is 5.69 Å². The molecule has 3 aromatic rings. The quantitative estimate of drug-likeness (QED) is 0.417. The molecule has 12 nitrogen and oxygen atoms in total. The van der Waals surface area contributed by atoms with E-state index in [4.69, 9.17) is 5.11 Å². The summed E-state index contributed by atoms with van der Waals surface area (Å²) in [5.74, 6) is -1.66. The molecule has 0 radical (unpaired) electrons. The van der Waals surface area contributed by atoms with Crippen molar-refractivity contribution in [3.63, 3.8) is 0 Å². The fourth-order valence-electron chi connectivity index (χ4n) is 3.24. The summed E-state index contributed by atoms with van der Waals surface area (Å²) in [5, 5.41) is 18.8. The largest absolute Gasteiger partial charge is 0.481 e. The molecule has 0 atom stereocenters. The van der Waals surface area contributed by atoms with Crippen molar-refractivity contribution in [3.8, 4) is 0 Å². The zero-order chi connectivity index (χ0) is 25.0. The summed E-state index contributed by atoms with van der Waals surface area (Å²) >= 11 is 0. The van der Waals surface area contributed by atoms with E-state index in [0.717, 1.165) is 15.7 Å². The van der Waals surface area contributed by atoms with Crippen LogP contribution in [0.25, 0.3) is 0 Å². The molecule has 0 aliphatic heterocycles. The van der Waals surface area contributed by atoms with Gasteiger partial charge in [-0.15, -0.1) is 0 Å². The molecule has 1 amide bonds. The Kier molecular flexibility index (Phi) is 7.29. The normalized spacial score (nSPS) is 11.0. The number of aromatic nitrogens is 5. The minimum Gasteiger partial charge on any atom is -0.481 e. The van der Waals surface area contributed by atoms with E-state index >= 15 is 0 Å². The number of nitrogens with one attached hydrogen (secondary N) is 2. The number of anilines is 2. The van der Waals surface area contributed by atoms with Gasteiger partial charge in [0, 0.05) is 25.8 Å². The Morgan fingerprint density at radius 1 is 1.12 bits per heavy atom. The van der Waals surface area contributed by atoms with Crippen LogP contribution in [-0.2, 0) is 24.9 Å². The van der Waals surface area contributed by atoms with Gasteiger partial charge in [-0.05, 0) is 26.3 Å². The fraction of sp³-hybridized carbons (Fsp3) is 0.364. The van der Waals surface area contributed by atoms with Crippen LogP contribution < -0.4 is 22.0 Å². The molecular weight excluding hydrogens is 442 g/mol. The van der Waals surface area contributed by atoms with Crippen LogP contribution in [0.15, 0.2) is 40.1 Å². The summed E-state index contributed by atoms with van der Waals surface area (Å²) < 4.78 is 3.43. The second kappa shape index (κ2) is 10.1. The van der Waals surface area contributed by atoms with Crippen molar-refractivity contribution in [1.82, 2.24) is 29.2 Å². The maximum absolute atomic E-state index is 13.2. The molecule has 0 unspecified atom stereocenters. The van der Waals surface area contributed by atoms with Gasteiger partial charge in [-0.25, -0.2) is 14.2 Å². The molecular formula is C22H27N7O5. The highest BCUT2D eigenvalue weighted by Crippen LogP contribution is 2.18. The second-order valence-corrected chi connectivity index (χ2v) is 8.19. The second-order valence-electron chi connectivity index (χ2n) is 8.19. The molecule has 0 spiro atoms. The molecule has 3 rings (SSSR count). The Bertz CT molecular complexity index is 1320. The molecule has 180 valence electrons. The smallest absolute Gasteiger partial charge is 0.354 e. The van der Waals surface area contributed by atoms with E-state index in [9.17, 15) is 19.2 Å². The first-order valence-corrected chi connectivity index (χ1v) is 10.7. The van der Waals surface area contributed by atoms with Crippen molar-refractivity contribution in [2.45, 2.75) is 46.3 Å². The highest BCUT2D eigenvalue weighted by atomic mass is 16.4. The molecule has 34 heavy (non-hydrogen) atoms. The van der Waals surface area contributed by atoms with Gasteiger partial charge >= 0.3 is 17.3 Å². The van der Waals surface area contributed by atoms with Gasteiger partial charge in [0.2, 0.25) is 5.95 Å². The average molecular weight is 470 g/mol. The van der Waals surface area contributed by atoms with Crippen LogP contribution in [0.5, 0.6) is 0 Å². The number of hydrogen-bond acceptors (Lipinski definition) is 7. The molecule has 0 aliphatic carbocycles. The van der Waals surface area contributed by atoms with Crippen LogP contribution in [0.2, 0.25) is 0 Å². The number of amides is 1. The van der Waals surface area contributed by atoms with E-state index in [1.807, 2.05) is 45.0 Å². The Labute approximate surface area is 194 Å². The summed E-state index contributed by atoms with van der Waals surface area (Å²) in [5.41, 5.74) is 0.516. The third-order valence-electron chi connectivity index (χ3n) is 4.87. The number of benzene rings is 1. The number of aliphatic carboxylic acids is 1. The number of nitrogens with zero attached hydrogens (tertiary/aromatic N) is 5. The topological polar surface area (TPSA) is 153 Å². The molecule has 0 saturated carbocycles. The number of aryl methyl sites for hydroxylation is 2. The fourth-order valence-corrected chi connectivity index (χ4v) is 3.24. The van der Waals surface area contributed by atoms with E-state index in [-0.39, 0.29) is 36.5 Å². The Morgan fingerprint density at radius 3 is 2.41 bits per heavy atom. The summed E-state index contributed by atoms with van der Waals surface area (Å²) in [6.07, 6.45) is 1.13. The Balaban J connectivity index is 2.08. The van der Waals surface area contributed by atoms with Crippen LogP contribution in [0.1, 0.15) is 41.9 Å². The van der Waals surface area contributed by atoms with Crippen molar-refractivity contribution >= 4 is 23.5 Å². The molecule has 3 N–H and O–H groups in total. The third-order valence-corrected chi connectivity index (χ3v) is 4.87. The van der Waals surface area contributed by atoms with Gasteiger partial charge in [-0.1, -0.05) is 29.8 Å². The number of carbonyl (C=O) groups is 2. The number of carboxylic acid groups (broad SMARTS) is 1. The van der Waals surface area contributed by atoms with Crippen LogP contribution in [0.3, 0.4) is 0 Å². The lowest BCUT2D eigenvalue weighted by molar-refractivity contribution is -0.137. The number of carboxylic acids is 1. The van der Waals surface area contributed by atoms with Gasteiger partial charge in [-0.2, -0.15) is 10.1 Å². The number of carbonyl (C=O) groups excluding carboxylic acids is 1. The van der Waals surface area contributed by atoms with Gasteiger partial charge in [-0.3, -0.25) is 18.8 Å². The van der Waals surface area contributed by atoms with E-state index < -0.39 is 29.7 Å². The zero-order valence-corrected chi connectivity index (χ0v) is 19.4. The van der Waals surface area contributed by atoms with Gasteiger partial charge in [0.05, 0.1) is 18.7 Å². The van der Waals surface area contributed by atoms with Crippen LogP contribution in [0.4, 0.5) is 11.6 Å². The maximum atomic E-state index is 13.2. The minimum absolute atomic E-state index is 0.0651. The highest BCUT2D eigenvalue weighted by Gasteiger charge is 2.20. The molecule has 12 heteroatoms. The summed E-state index contributed by atoms with van der Waals surface area (Å²) in [4.78, 5) is 53.4. The zero-order valence-electron chi connectivity index (χ0n) is 19.4. The van der Waals surface area contributed by atoms with E-state index in [1.165, 1.54) is 15.4 Å². The van der Waals surface area contributed by atoms with Crippen molar-refractivity contribution < 1.29 is 14.7 Å². The first kappa shape index (κ1) is 24.4. The highest BCUT2D eigenvalue weighted by molar-refractivity contribution is 5.98. The number of rotatable bonds is 9. The van der Waals surface area contributed by atoms with E-state index in [0.29, 0.717) is 0 Å². The SMILES string of the molecule is Cc1ccc(Cn2c(Nc3cn(C)nc3C(=O)NC(C)C)nc(=O)n(CCC(=O)O)c2=O)cc1. The molecule has 1 aromatic carbocycles.